The number of carbonyl (C=O) groups excluding carboxylic acids is 1. The van der Waals surface area contributed by atoms with Gasteiger partial charge in [0.05, 0.1) is 43.7 Å². The van der Waals surface area contributed by atoms with Gasteiger partial charge in [-0.05, 0) is 48.9 Å². The van der Waals surface area contributed by atoms with Crippen molar-refractivity contribution in [3.8, 4) is 11.5 Å². The molecule has 0 saturated carbocycles. The van der Waals surface area contributed by atoms with Gasteiger partial charge in [0.15, 0.2) is 0 Å². The maximum absolute atomic E-state index is 13.0. The third-order valence-electron chi connectivity index (χ3n) is 5.81. The molecule has 1 aliphatic heterocycles. The van der Waals surface area contributed by atoms with E-state index >= 15 is 0 Å². The zero-order chi connectivity index (χ0) is 27.9. The lowest BCUT2D eigenvalue weighted by molar-refractivity contribution is -0.122. The molecule has 11 nitrogen and oxygen atoms in total. The van der Waals surface area contributed by atoms with Crippen LogP contribution in [0.4, 0.5) is 5.69 Å². The van der Waals surface area contributed by atoms with Crippen LogP contribution >= 0.6 is 11.6 Å². The van der Waals surface area contributed by atoms with Gasteiger partial charge in [0.2, 0.25) is 26.0 Å². The topological polar surface area (TPSA) is 132 Å². The van der Waals surface area contributed by atoms with Crippen molar-refractivity contribution in [2.75, 3.05) is 57.1 Å². The van der Waals surface area contributed by atoms with Gasteiger partial charge in [0, 0.05) is 18.1 Å². The van der Waals surface area contributed by atoms with Gasteiger partial charge in [-0.2, -0.15) is 4.31 Å². The van der Waals surface area contributed by atoms with Crippen molar-refractivity contribution in [1.82, 2.24) is 9.62 Å². The van der Waals surface area contributed by atoms with Gasteiger partial charge in [-0.1, -0.05) is 18.5 Å². The van der Waals surface area contributed by atoms with Crippen LogP contribution in [0.2, 0.25) is 5.02 Å². The molecule has 1 amide bonds. The molecular formula is C24H32ClN3O8S2. The van der Waals surface area contributed by atoms with E-state index < -0.39 is 32.0 Å². The molecule has 210 valence electrons. The average Bonchev–Trinajstić information content (AvgIpc) is 2.89. The molecule has 0 aromatic heterocycles. The van der Waals surface area contributed by atoms with Gasteiger partial charge >= 0.3 is 0 Å². The Balaban J connectivity index is 1.62. The molecule has 2 aromatic rings. The Morgan fingerprint density at radius 2 is 1.79 bits per heavy atom. The van der Waals surface area contributed by atoms with Crippen LogP contribution in [-0.2, 0) is 29.6 Å². The fourth-order valence-electron chi connectivity index (χ4n) is 3.98. The summed E-state index contributed by atoms with van der Waals surface area (Å²) >= 11 is 6.10. The zero-order valence-electron chi connectivity index (χ0n) is 21.4. The van der Waals surface area contributed by atoms with E-state index in [-0.39, 0.29) is 35.9 Å². The van der Waals surface area contributed by atoms with Crippen molar-refractivity contribution in [1.29, 1.82) is 0 Å². The third kappa shape index (κ3) is 7.29. The largest absolute Gasteiger partial charge is 0.495 e. The molecule has 0 unspecified atom stereocenters. The van der Waals surface area contributed by atoms with Gasteiger partial charge in [-0.3, -0.25) is 9.10 Å². The number of benzene rings is 2. The zero-order valence-corrected chi connectivity index (χ0v) is 23.8. The number of nitrogens with zero attached hydrogens (tertiary/aromatic N) is 2. The van der Waals surface area contributed by atoms with Crippen LogP contribution < -0.4 is 19.1 Å². The Hall–Kier alpha value is -2.58. The normalized spacial score (nSPS) is 15.5. The highest BCUT2D eigenvalue weighted by Gasteiger charge is 2.33. The third-order valence-corrected chi connectivity index (χ3v) is 9.12. The number of nitrogens with one attached hydrogen (secondary N) is 1. The number of rotatable bonds is 12. The van der Waals surface area contributed by atoms with E-state index in [2.05, 4.69) is 5.32 Å². The molecule has 1 heterocycles. The molecule has 1 N–H and O–H groups in total. The molecule has 2 aromatic carbocycles. The van der Waals surface area contributed by atoms with E-state index in [0.29, 0.717) is 37.1 Å². The number of carbonyl (C=O) groups is 1. The van der Waals surface area contributed by atoms with Gasteiger partial charge < -0.3 is 19.5 Å². The molecule has 1 atom stereocenters. The van der Waals surface area contributed by atoms with Gasteiger partial charge in [-0.25, -0.2) is 16.8 Å². The van der Waals surface area contributed by atoms with Crippen molar-refractivity contribution in [3.05, 3.63) is 47.5 Å². The van der Waals surface area contributed by atoms with Gasteiger partial charge in [0.1, 0.15) is 24.1 Å². The number of methoxy groups -OCH3 is 1. The van der Waals surface area contributed by atoms with E-state index in [0.717, 1.165) is 10.6 Å². The fraction of sp³-hybridized carbons (Fsp3) is 0.458. The summed E-state index contributed by atoms with van der Waals surface area (Å²) in [6.07, 6.45) is 1.20. The number of anilines is 1. The second kappa shape index (κ2) is 13.0. The van der Waals surface area contributed by atoms with E-state index in [9.17, 15) is 21.6 Å². The van der Waals surface area contributed by atoms with Crippen molar-refractivity contribution >= 4 is 43.2 Å². The molecule has 0 radical (unpaired) electrons. The lowest BCUT2D eigenvalue weighted by atomic mass is 10.2. The fourth-order valence-corrected chi connectivity index (χ4v) is 6.76. The summed E-state index contributed by atoms with van der Waals surface area (Å²) < 4.78 is 69.4. The summed E-state index contributed by atoms with van der Waals surface area (Å²) in [6.45, 7) is 3.20. The first-order valence-corrected chi connectivity index (χ1v) is 15.6. The number of amides is 1. The highest BCUT2D eigenvalue weighted by atomic mass is 35.5. The van der Waals surface area contributed by atoms with Crippen LogP contribution in [-0.4, -0.2) is 85.9 Å². The second-order valence-corrected chi connectivity index (χ2v) is 12.7. The Kier molecular flexibility index (Phi) is 10.2. The molecule has 0 spiro atoms. The van der Waals surface area contributed by atoms with Crippen molar-refractivity contribution in [3.63, 3.8) is 0 Å². The molecule has 0 bridgehead atoms. The van der Waals surface area contributed by atoms with E-state index in [1.54, 1.807) is 25.1 Å². The Morgan fingerprint density at radius 1 is 1.13 bits per heavy atom. The van der Waals surface area contributed by atoms with E-state index in [1.165, 1.54) is 35.7 Å². The number of ether oxygens (including phenoxy) is 3. The first kappa shape index (κ1) is 30.0. The van der Waals surface area contributed by atoms with Crippen molar-refractivity contribution < 1.29 is 35.8 Å². The number of morpholine rings is 1. The molecule has 1 fully saturated rings. The minimum absolute atomic E-state index is 0.0805. The van der Waals surface area contributed by atoms with Crippen LogP contribution in [0.25, 0.3) is 0 Å². The van der Waals surface area contributed by atoms with Crippen molar-refractivity contribution in [2.45, 2.75) is 24.3 Å². The van der Waals surface area contributed by atoms with Crippen LogP contribution in [0.3, 0.4) is 0 Å². The highest BCUT2D eigenvalue weighted by molar-refractivity contribution is 7.92. The molecule has 3 rings (SSSR count). The SMILES string of the molecule is CC[C@H](C(=O)NCCOc1ccc(S(=O)(=O)N2CCOCC2)cc1)N(c1cc(Cl)ccc1OC)S(C)(=O)=O. The quantitative estimate of drug-likeness (QED) is 0.372. The number of hydrogen-bond donors (Lipinski definition) is 1. The minimum Gasteiger partial charge on any atom is -0.495 e. The van der Waals surface area contributed by atoms with Crippen LogP contribution in [0.1, 0.15) is 13.3 Å². The van der Waals surface area contributed by atoms with Crippen LogP contribution in [0.15, 0.2) is 47.4 Å². The van der Waals surface area contributed by atoms with Crippen LogP contribution in [0, 0.1) is 0 Å². The summed E-state index contributed by atoms with van der Waals surface area (Å²) in [7, 11) is -6.09. The lowest BCUT2D eigenvalue weighted by Crippen LogP contribution is -2.50. The predicted octanol–water partition coefficient (Wildman–Crippen LogP) is 2.11. The summed E-state index contributed by atoms with van der Waals surface area (Å²) in [4.78, 5) is 13.2. The summed E-state index contributed by atoms with van der Waals surface area (Å²) in [5.74, 6) is 0.164. The standard InChI is InChI=1S/C24H32ClN3O8S2/c1-4-21(28(37(3,30)31)22-17-18(25)5-10-23(22)34-2)24(29)26-11-14-36-19-6-8-20(9-7-19)38(32,33)27-12-15-35-16-13-27/h5-10,17,21H,4,11-16H2,1-3H3,(H,26,29)/t21-/m1/s1. The Morgan fingerprint density at radius 3 is 2.37 bits per heavy atom. The number of halogens is 1. The number of hydrogen-bond acceptors (Lipinski definition) is 8. The molecule has 1 aliphatic rings. The Labute approximate surface area is 228 Å². The maximum Gasteiger partial charge on any atom is 0.244 e. The summed E-state index contributed by atoms with van der Waals surface area (Å²) in [5, 5.41) is 2.99. The highest BCUT2D eigenvalue weighted by Crippen LogP contribution is 2.34. The minimum atomic E-state index is -3.88. The predicted molar refractivity (Wildman–Crippen MR) is 144 cm³/mol. The monoisotopic (exact) mass is 589 g/mol. The first-order chi connectivity index (χ1) is 18.0. The molecule has 38 heavy (non-hydrogen) atoms. The Bertz CT molecular complexity index is 1310. The van der Waals surface area contributed by atoms with E-state index in [1.807, 2.05) is 0 Å². The molecular weight excluding hydrogens is 558 g/mol. The van der Waals surface area contributed by atoms with Gasteiger partial charge in [-0.15, -0.1) is 0 Å². The van der Waals surface area contributed by atoms with Crippen molar-refractivity contribution in [2.24, 2.45) is 0 Å². The maximum atomic E-state index is 13.0. The molecule has 1 saturated heterocycles. The smallest absolute Gasteiger partial charge is 0.244 e. The molecule has 14 heteroatoms. The first-order valence-electron chi connectivity index (χ1n) is 11.9. The summed E-state index contributed by atoms with van der Waals surface area (Å²) in [6, 6.07) is 9.49. The van der Waals surface area contributed by atoms with Gasteiger partial charge in [0.25, 0.3) is 0 Å². The number of sulfonamides is 2. The van der Waals surface area contributed by atoms with E-state index in [4.69, 9.17) is 25.8 Å². The second-order valence-electron chi connectivity index (χ2n) is 8.43. The van der Waals surface area contributed by atoms with Crippen LogP contribution in [0.5, 0.6) is 11.5 Å². The summed E-state index contributed by atoms with van der Waals surface area (Å²) in [5.41, 5.74) is 0.160. The lowest BCUT2D eigenvalue weighted by Gasteiger charge is -2.31. The average molecular weight is 590 g/mol. The molecule has 0 aliphatic carbocycles.